The molecule has 1 heterocycles. The van der Waals surface area contributed by atoms with Crippen LogP contribution in [0.3, 0.4) is 0 Å². The number of ether oxygens (including phenoxy) is 1. The fourth-order valence-corrected chi connectivity index (χ4v) is 0.532. The zero-order valence-electron chi connectivity index (χ0n) is 5.38. The van der Waals surface area contributed by atoms with Crippen LogP contribution in [-0.4, -0.2) is 12.4 Å². The Morgan fingerprint density at radius 2 is 2.33 bits per heavy atom. The van der Waals surface area contributed by atoms with Gasteiger partial charge in [0.15, 0.2) is 0 Å². The molecule has 0 aromatic carbocycles. The summed E-state index contributed by atoms with van der Waals surface area (Å²) in [4.78, 5) is 15.0. The second-order valence-electron chi connectivity index (χ2n) is 2.24. The molecule has 1 fully saturated rings. The summed E-state index contributed by atoms with van der Waals surface area (Å²) >= 11 is 0. The van der Waals surface area contributed by atoms with Crippen LogP contribution in [0, 0.1) is 5.92 Å². The van der Waals surface area contributed by atoms with Gasteiger partial charge < -0.3 is 4.74 Å². The number of amides is 1. The van der Waals surface area contributed by atoms with E-state index in [0.29, 0.717) is 0 Å². The first-order valence-electron chi connectivity index (χ1n) is 2.82. The van der Waals surface area contributed by atoms with E-state index in [1.807, 2.05) is 13.8 Å². The van der Waals surface area contributed by atoms with Gasteiger partial charge >= 0.3 is 6.09 Å². The van der Waals surface area contributed by atoms with Gasteiger partial charge in [0.2, 0.25) is 6.29 Å². The zero-order chi connectivity index (χ0) is 6.85. The summed E-state index contributed by atoms with van der Waals surface area (Å²) < 4.78 is 4.65. The Kier molecular flexibility index (Phi) is 1.57. The molecule has 1 aliphatic heterocycles. The van der Waals surface area contributed by atoms with Crippen molar-refractivity contribution in [1.29, 1.82) is 0 Å². The van der Waals surface area contributed by atoms with Crippen molar-refractivity contribution in [3.05, 3.63) is 0 Å². The maximum absolute atomic E-state index is 10.3. The van der Waals surface area contributed by atoms with Crippen molar-refractivity contribution in [3.63, 3.8) is 0 Å². The van der Waals surface area contributed by atoms with Crippen LogP contribution in [0.2, 0.25) is 0 Å². The lowest BCUT2D eigenvalue weighted by Gasteiger charge is -2.08. The molecular formula is C5H9NO3. The Morgan fingerprint density at radius 1 is 1.67 bits per heavy atom. The van der Waals surface area contributed by atoms with E-state index in [1.165, 1.54) is 0 Å². The Balaban J connectivity index is 2.39. The predicted octanol–water partition coefficient (Wildman–Crippen LogP) is 0.640. The van der Waals surface area contributed by atoms with Gasteiger partial charge in [0, 0.05) is 5.92 Å². The molecule has 9 heavy (non-hydrogen) atoms. The van der Waals surface area contributed by atoms with E-state index < -0.39 is 12.4 Å². The number of hydrogen-bond donors (Lipinski definition) is 1. The summed E-state index contributed by atoms with van der Waals surface area (Å²) in [7, 11) is 0. The topological polar surface area (TPSA) is 47.6 Å². The molecule has 52 valence electrons. The van der Waals surface area contributed by atoms with Crippen LogP contribution in [-0.2, 0) is 9.57 Å². The molecule has 0 aliphatic carbocycles. The van der Waals surface area contributed by atoms with Crippen LogP contribution in [0.25, 0.3) is 0 Å². The maximum Gasteiger partial charge on any atom is 0.433 e. The average Bonchev–Trinajstić information content (AvgIpc) is 2.14. The molecule has 1 atom stereocenters. The first kappa shape index (κ1) is 6.35. The lowest BCUT2D eigenvalue weighted by Crippen LogP contribution is -2.16. The number of hydrogen-bond acceptors (Lipinski definition) is 3. The fraction of sp³-hybridized carbons (Fsp3) is 0.800. The molecule has 1 amide bonds. The van der Waals surface area contributed by atoms with Crippen molar-refractivity contribution in [2.24, 2.45) is 5.92 Å². The number of carbonyl (C=O) groups excluding carboxylic acids is 1. The number of carbonyl (C=O) groups is 1. The van der Waals surface area contributed by atoms with E-state index in [9.17, 15) is 4.79 Å². The Labute approximate surface area is 53.1 Å². The van der Waals surface area contributed by atoms with Crippen molar-refractivity contribution in [1.82, 2.24) is 5.48 Å². The molecule has 1 aliphatic rings. The summed E-state index contributed by atoms with van der Waals surface area (Å²) in [6.07, 6.45) is -0.925. The molecule has 1 N–H and O–H groups in total. The normalized spacial score (nSPS) is 26.1. The molecule has 1 unspecified atom stereocenters. The second kappa shape index (κ2) is 2.23. The van der Waals surface area contributed by atoms with E-state index in [4.69, 9.17) is 4.84 Å². The van der Waals surface area contributed by atoms with Crippen LogP contribution < -0.4 is 5.48 Å². The highest BCUT2D eigenvalue weighted by molar-refractivity contribution is 5.67. The quantitative estimate of drug-likeness (QED) is 0.568. The van der Waals surface area contributed by atoms with Crippen molar-refractivity contribution < 1.29 is 14.4 Å². The first-order chi connectivity index (χ1) is 4.20. The largest absolute Gasteiger partial charge is 0.433 e. The van der Waals surface area contributed by atoms with Gasteiger partial charge in [0.25, 0.3) is 0 Å². The van der Waals surface area contributed by atoms with E-state index in [1.54, 1.807) is 0 Å². The molecule has 0 aromatic heterocycles. The third-order valence-electron chi connectivity index (χ3n) is 1.03. The van der Waals surface area contributed by atoms with Gasteiger partial charge in [-0.15, -0.1) is 0 Å². The number of cyclic esters (lactones) is 1. The van der Waals surface area contributed by atoms with E-state index >= 15 is 0 Å². The molecule has 1 rings (SSSR count). The van der Waals surface area contributed by atoms with Crippen molar-refractivity contribution in [3.8, 4) is 0 Å². The maximum atomic E-state index is 10.3. The smallest absolute Gasteiger partial charge is 0.416 e. The highest BCUT2D eigenvalue weighted by Crippen LogP contribution is 2.11. The lowest BCUT2D eigenvalue weighted by molar-refractivity contribution is -0.0867. The molecule has 1 saturated heterocycles. The van der Waals surface area contributed by atoms with Gasteiger partial charge in [-0.25, -0.2) is 9.63 Å². The van der Waals surface area contributed by atoms with Crippen LogP contribution in [0.4, 0.5) is 4.79 Å². The molecule has 0 spiro atoms. The third-order valence-corrected chi connectivity index (χ3v) is 1.03. The predicted molar refractivity (Wildman–Crippen MR) is 29.3 cm³/mol. The number of nitrogens with one attached hydrogen (secondary N) is 1. The number of hydroxylamine groups is 1. The van der Waals surface area contributed by atoms with Gasteiger partial charge in [-0.3, -0.25) is 0 Å². The van der Waals surface area contributed by atoms with Gasteiger partial charge in [-0.2, -0.15) is 5.48 Å². The molecule has 0 saturated carbocycles. The summed E-state index contributed by atoms with van der Waals surface area (Å²) in [5, 5.41) is 0. The summed E-state index contributed by atoms with van der Waals surface area (Å²) in [5.41, 5.74) is 2.09. The van der Waals surface area contributed by atoms with Gasteiger partial charge in [0.1, 0.15) is 0 Å². The highest BCUT2D eigenvalue weighted by atomic mass is 16.9. The van der Waals surface area contributed by atoms with Crippen molar-refractivity contribution in [2.45, 2.75) is 20.1 Å². The monoisotopic (exact) mass is 131 g/mol. The molecule has 0 radical (unpaired) electrons. The van der Waals surface area contributed by atoms with Crippen molar-refractivity contribution in [2.75, 3.05) is 0 Å². The van der Waals surface area contributed by atoms with Crippen LogP contribution in [0.15, 0.2) is 0 Å². The highest BCUT2D eigenvalue weighted by Gasteiger charge is 2.26. The molecule has 0 bridgehead atoms. The minimum atomic E-state index is -0.506. The lowest BCUT2D eigenvalue weighted by atomic mass is 10.2. The Morgan fingerprint density at radius 3 is 2.56 bits per heavy atom. The first-order valence-corrected chi connectivity index (χ1v) is 2.82. The standard InChI is InChI=1S/C5H9NO3/c1-3(2)4-8-5(7)6-9-4/h3-4H,1-2H3,(H,6,7). The van der Waals surface area contributed by atoms with Crippen LogP contribution in [0.5, 0.6) is 0 Å². The zero-order valence-corrected chi connectivity index (χ0v) is 5.38. The SMILES string of the molecule is CC(C)C1ONC(=O)O1. The van der Waals surface area contributed by atoms with E-state index in [0.717, 1.165) is 0 Å². The van der Waals surface area contributed by atoms with Gasteiger partial charge in [0.05, 0.1) is 0 Å². The Hall–Kier alpha value is -0.770. The molecule has 4 heteroatoms. The van der Waals surface area contributed by atoms with Gasteiger partial charge in [-0.1, -0.05) is 13.8 Å². The minimum absolute atomic E-state index is 0.198. The second-order valence-corrected chi connectivity index (χ2v) is 2.24. The summed E-state index contributed by atoms with van der Waals surface area (Å²) in [5.74, 6) is 0.198. The molecule has 4 nitrogen and oxygen atoms in total. The number of rotatable bonds is 1. The average molecular weight is 131 g/mol. The van der Waals surface area contributed by atoms with E-state index in [-0.39, 0.29) is 5.92 Å². The molecular weight excluding hydrogens is 122 g/mol. The van der Waals surface area contributed by atoms with E-state index in [2.05, 4.69) is 10.2 Å². The summed E-state index contributed by atoms with van der Waals surface area (Å²) in [6.45, 7) is 3.82. The Bertz CT molecular complexity index is 123. The van der Waals surface area contributed by atoms with Crippen LogP contribution >= 0.6 is 0 Å². The van der Waals surface area contributed by atoms with Crippen molar-refractivity contribution >= 4 is 6.09 Å². The van der Waals surface area contributed by atoms with Gasteiger partial charge in [-0.05, 0) is 0 Å². The van der Waals surface area contributed by atoms with Crippen LogP contribution in [0.1, 0.15) is 13.8 Å². The minimum Gasteiger partial charge on any atom is -0.416 e. The summed E-state index contributed by atoms with van der Waals surface area (Å²) in [6, 6.07) is 0. The molecule has 0 aromatic rings. The fourth-order valence-electron chi connectivity index (χ4n) is 0.532. The third kappa shape index (κ3) is 1.32.